The van der Waals surface area contributed by atoms with Crippen molar-refractivity contribution in [2.24, 2.45) is 17.8 Å². The number of hydrogen-bond donors (Lipinski definition) is 0. The molecule has 0 amide bonds. The van der Waals surface area contributed by atoms with E-state index in [0.29, 0.717) is 44.9 Å². The summed E-state index contributed by atoms with van der Waals surface area (Å²) in [5.41, 5.74) is 0. The molecule has 4 nitrogen and oxygen atoms in total. The van der Waals surface area contributed by atoms with Gasteiger partial charge in [-0.25, -0.2) is 0 Å². The second-order valence-corrected chi connectivity index (χ2v) is 6.33. The highest BCUT2D eigenvalue weighted by atomic mass is 16.2. The first kappa shape index (κ1) is 16.1. The number of rotatable bonds is 5. The van der Waals surface area contributed by atoms with Crippen LogP contribution < -0.4 is 0 Å². The van der Waals surface area contributed by atoms with Gasteiger partial charge in [0.1, 0.15) is 23.1 Å². The first-order valence-corrected chi connectivity index (χ1v) is 8.17. The Hall–Kier alpha value is -1.32. The van der Waals surface area contributed by atoms with E-state index in [1.165, 1.54) is 0 Å². The summed E-state index contributed by atoms with van der Waals surface area (Å²) in [5.74, 6) is -2.03. The predicted octanol–water partition coefficient (Wildman–Crippen LogP) is 2.67. The minimum Gasteiger partial charge on any atom is -0.299 e. The van der Waals surface area contributed by atoms with Crippen molar-refractivity contribution in [3.05, 3.63) is 0 Å². The van der Waals surface area contributed by atoms with Crippen molar-refractivity contribution >= 4 is 23.1 Å². The quantitative estimate of drug-likeness (QED) is 0.731. The lowest BCUT2D eigenvalue weighted by atomic mass is 9.66. The Balaban J connectivity index is 2.27. The van der Waals surface area contributed by atoms with Crippen LogP contribution in [0.2, 0.25) is 0 Å². The van der Waals surface area contributed by atoms with E-state index in [1.54, 1.807) is 0 Å². The van der Waals surface area contributed by atoms with E-state index < -0.39 is 11.8 Å². The standard InChI is InChI=1S/C17H24O4/c1-2-3-6-11(16-12(18)7-4-8-13(16)19)17-14(20)9-5-10-15(17)21/h11,16-17H,2-10H2,1H3. The van der Waals surface area contributed by atoms with Crippen LogP contribution in [-0.4, -0.2) is 23.1 Å². The summed E-state index contributed by atoms with van der Waals surface area (Å²) in [6.07, 6.45) is 5.27. The molecule has 0 aromatic heterocycles. The van der Waals surface area contributed by atoms with E-state index in [4.69, 9.17) is 0 Å². The van der Waals surface area contributed by atoms with Crippen molar-refractivity contribution in [2.45, 2.75) is 64.7 Å². The van der Waals surface area contributed by atoms with E-state index in [0.717, 1.165) is 12.8 Å². The average molecular weight is 292 g/mol. The molecule has 21 heavy (non-hydrogen) atoms. The summed E-state index contributed by atoms with van der Waals surface area (Å²) in [5, 5.41) is 0. The Morgan fingerprint density at radius 2 is 1.19 bits per heavy atom. The zero-order valence-corrected chi connectivity index (χ0v) is 12.7. The molecule has 4 heteroatoms. The maximum Gasteiger partial charge on any atom is 0.143 e. The summed E-state index contributed by atoms with van der Waals surface area (Å²) in [4.78, 5) is 48.9. The van der Waals surface area contributed by atoms with Crippen LogP contribution in [0.3, 0.4) is 0 Å². The van der Waals surface area contributed by atoms with Gasteiger partial charge in [0.05, 0.1) is 11.8 Å². The largest absolute Gasteiger partial charge is 0.299 e. The molecular weight excluding hydrogens is 268 g/mol. The first-order valence-electron chi connectivity index (χ1n) is 8.17. The summed E-state index contributed by atoms with van der Waals surface area (Å²) in [7, 11) is 0. The van der Waals surface area contributed by atoms with E-state index in [9.17, 15) is 19.2 Å². The third-order valence-electron chi connectivity index (χ3n) is 4.83. The van der Waals surface area contributed by atoms with E-state index in [2.05, 4.69) is 0 Å². The monoisotopic (exact) mass is 292 g/mol. The van der Waals surface area contributed by atoms with Gasteiger partial charge in [-0.15, -0.1) is 0 Å². The molecule has 0 aromatic carbocycles. The number of Topliss-reactive ketones (excluding diaryl/α,β-unsaturated/α-hetero) is 4. The normalized spacial score (nSPS) is 22.4. The van der Waals surface area contributed by atoms with E-state index >= 15 is 0 Å². The van der Waals surface area contributed by atoms with Gasteiger partial charge in [0, 0.05) is 25.7 Å². The molecule has 2 aliphatic rings. The summed E-state index contributed by atoms with van der Waals surface area (Å²) >= 11 is 0. The molecule has 0 atom stereocenters. The molecule has 0 heterocycles. The maximum atomic E-state index is 12.2. The van der Waals surface area contributed by atoms with Gasteiger partial charge >= 0.3 is 0 Å². The smallest absolute Gasteiger partial charge is 0.143 e. The SMILES string of the molecule is CCCCC(C1C(=O)CCCC1=O)C1C(=O)CCCC1=O. The summed E-state index contributed by atoms with van der Waals surface area (Å²) in [6, 6.07) is 0. The summed E-state index contributed by atoms with van der Waals surface area (Å²) < 4.78 is 0. The topological polar surface area (TPSA) is 68.3 Å². The molecule has 2 aliphatic carbocycles. The van der Waals surface area contributed by atoms with Gasteiger partial charge < -0.3 is 0 Å². The minimum absolute atomic E-state index is 0.0569. The van der Waals surface area contributed by atoms with Gasteiger partial charge in [-0.1, -0.05) is 19.8 Å². The molecular formula is C17H24O4. The lowest BCUT2D eigenvalue weighted by Gasteiger charge is -2.34. The molecule has 0 spiro atoms. The lowest BCUT2D eigenvalue weighted by molar-refractivity contribution is -0.144. The predicted molar refractivity (Wildman–Crippen MR) is 77.7 cm³/mol. The Bertz CT molecular complexity index is 382. The highest BCUT2D eigenvalue weighted by Crippen LogP contribution is 2.37. The van der Waals surface area contributed by atoms with Crippen molar-refractivity contribution in [2.75, 3.05) is 0 Å². The van der Waals surface area contributed by atoms with Crippen molar-refractivity contribution in [1.82, 2.24) is 0 Å². The molecule has 2 rings (SSSR count). The molecule has 0 saturated heterocycles. The maximum absolute atomic E-state index is 12.2. The first-order chi connectivity index (χ1) is 10.1. The highest BCUT2D eigenvalue weighted by Gasteiger charge is 2.45. The second-order valence-electron chi connectivity index (χ2n) is 6.33. The van der Waals surface area contributed by atoms with Crippen LogP contribution in [0.25, 0.3) is 0 Å². The third-order valence-corrected chi connectivity index (χ3v) is 4.83. The van der Waals surface area contributed by atoms with Crippen LogP contribution in [0.4, 0.5) is 0 Å². The number of ketones is 4. The van der Waals surface area contributed by atoms with Gasteiger partial charge in [-0.3, -0.25) is 19.2 Å². The van der Waals surface area contributed by atoms with Crippen LogP contribution in [0.1, 0.15) is 64.7 Å². The van der Waals surface area contributed by atoms with Crippen LogP contribution in [0, 0.1) is 17.8 Å². The molecule has 0 bridgehead atoms. The Morgan fingerprint density at radius 1 is 0.810 bits per heavy atom. The Labute approximate surface area is 125 Å². The number of carbonyl (C=O) groups is 4. The molecule has 0 N–H and O–H groups in total. The summed E-state index contributed by atoms with van der Waals surface area (Å²) in [6.45, 7) is 2.03. The van der Waals surface area contributed by atoms with Crippen LogP contribution >= 0.6 is 0 Å². The van der Waals surface area contributed by atoms with Gasteiger partial charge in [0.15, 0.2) is 0 Å². The Kier molecular flexibility index (Phi) is 5.43. The van der Waals surface area contributed by atoms with Crippen LogP contribution in [0.15, 0.2) is 0 Å². The fourth-order valence-electron chi connectivity index (χ4n) is 3.78. The number of unbranched alkanes of at least 4 members (excludes halogenated alkanes) is 1. The molecule has 0 aliphatic heterocycles. The molecule has 0 radical (unpaired) electrons. The molecule has 2 saturated carbocycles. The molecule has 2 fully saturated rings. The van der Waals surface area contributed by atoms with Gasteiger partial charge in [-0.2, -0.15) is 0 Å². The highest BCUT2D eigenvalue weighted by molar-refractivity contribution is 6.09. The van der Waals surface area contributed by atoms with Gasteiger partial charge in [0.2, 0.25) is 0 Å². The molecule has 0 unspecified atom stereocenters. The van der Waals surface area contributed by atoms with Gasteiger partial charge in [-0.05, 0) is 25.2 Å². The van der Waals surface area contributed by atoms with E-state index in [-0.39, 0.29) is 29.1 Å². The minimum atomic E-state index is -0.707. The molecule has 116 valence electrons. The van der Waals surface area contributed by atoms with Crippen molar-refractivity contribution in [3.63, 3.8) is 0 Å². The molecule has 0 aromatic rings. The average Bonchev–Trinajstić information content (AvgIpc) is 2.43. The second kappa shape index (κ2) is 7.10. The van der Waals surface area contributed by atoms with E-state index in [1.807, 2.05) is 6.92 Å². The fourth-order valence-corrected chi connectivity index (χ4v) is 3.78. The fraction of sp³-hybridized carbons (Fsp3) is 0.765. The van der Waals surface area contributed by atoms with Gasteiger partial charge in [0.25, 0.3) is 0 Å². The third kappa shape index (κ3) is 3.47. The van der Waals surface area contributed by atoms with Crippen molar-refractivity contribution in [1.29, 1.82) is 0 Å². The van der Waals surface area contributed by atoms with Crippen molar-refractivity contribution < 1.29 is 19.2 Å². The van der Waals surface area contributed by atoms with Crippen molar-refractivity contribution in [3.8, 4) is 0 Å². The van der Waals surface area contributed by atoms with Crippen LogP contribution in [0.5, 0.6) is 0 Å². The number of hydrogen-bond acceptors (Lipinski definition) is 4. The van der Waals surface area contributed by atoms with Crippen LogP contribution in [-0.2, 0) is 19.2 Å². The zero-order valence-electron chi connectivity index (χ0n) is 12.7. The Morgan fingerprint density at radius 3 is 1.52 bits per heavy atom. The number of carbonyl (C=O) groups excluding carboxylic acids is 4. The lowest BCUT2D eigenvalue weighted by Crippen LogP contribution is -2.44. The zero-order chi connectivity index (χ0) is 15.4.